The Hall–Kier alpha value is -0.790. The number of piperidine rings is 3. The van der Waals surface area contributed by atoms with Gasteiger partial charge in [-0.25, -0.2) is 0 Å². The second-order valence-corrected chi connectivity index (χ2v) is 7.30. The Balaban J connectivity index is 1.41. The van der Waals surface area contributed by atoms with Crippen LogP contribution in [0.2, 0.25) is 0 Å². The zero-order valence-electron chi connectivity index (χ0n) is 12.8. The molecule has 0 aromatic rings. The predicted octanol–water partition coefficient (Wildman–Crippen LogP) is 2.13. The molecule has 3 saturated heterocycles. The Morgan fingerprint density at radius 1 is 1.24 bits per heavy atom. The summed E-state index contributed by atoms with van der Waals surface area (Å²) in [5, 5.41) is 7.78. The largest absolute Gasteiger partial charge is 0.361 e. The van der Waals surface area contributed by atoms with Gasteiger partial charge in [-0.3, -0.25) is 4.90 Å². The first-order valence-corrected chi connectivity index (χ1v) is 8.91. The fourth-order valence-electron chi connectivity index (χ4n) is 4.23. The maximum absolute atomic E-state index is 5.64. The van der Waals surface area contributed by atoms with Crippen LogP contribution in [-0.2, 0) is 0 Å². The number of terminal acetylenes is 1. The smallest absolute Gasteiger partial charge is 0.166 e. The van der Waals surface area contributed by atoms with Crippen molar-refractivity contribution in [2.24, 2.45) is 11.8 Å². The Morgan fingerprint density at radius 2 is 2.05 bits per heavy atom. The highest BCUT2D eigenvalue weighted by atomic mass is 32.1. The standard InChI is InChI=1S/C17H27N3S/c1-2-13-12-20-9-8-14(13)10-16(20)11-18-17(21)19-15-6-4-3-5-7-15/h1,13-16H,3-12H2,(H2,18,19,21)/t13-,14-,16+/m0/s1. The van der Waals surface area contributed by atoms with Crippen molar-refractivity contribution in [2.75, 3.05) is 19.6 Å². The Bertz CT molecular complexity index is 411. The van der Waals surface area contributed by atoms with E-state index in [4.69, 9.17) is 18.6 Å². The molecule has 116 valence electrons. The van der Waals surface area contributed by atoms with E-state index < -0.39 is 0 Å². The van der Waals surface area contributed by atoms with Gasteiger partial charge in [-0.05, 0) is 50.4 Å². The fraction of sp³-hybridized carbons (Fsp3) is 0.824. The zero-order chi connectivity index (χ0) is 14.7. The molecule has 3 aliphatic heterocycles. The van der Waals surface area contributed by atoms with Gasteiger partial charge in [0, 0.05) is 31.1 Å². The van der Waals surface area contributed by atoms with Crippen LogP contribution in [0.15, 0.2) is 0 Å². The van der Waals surface area contributed by atoms with Crippen molar-refractivity contribution in [1.82, 2.24) is 15.5 Å². The van der Waals surface area contributed by atoms with E-state index in [-0.39, 0.29) is 0 Å². The molecule has 0 radical (unpaired) electrons. The van der Waals surface area contributed by atoms with E-state index in [9.17, 15) is 0 Å². The van der Waals surface area contributed by atoms with E-state index in [2.05, 4.69) is 21.5 Å². The third kappa shape index (κ3) is 3.70. The molecule has 3 nitrogen and oxygen atoms in total. The summed E-state index contributed by atoms with van der Waals surface area (Å²) in [6, 6.07) is 1.20. The first-order valence-electron chi connectivity index (χ1n) is 8.51. The van der Waals surface area contributed by atoms with Gasteiger partial charge in [-0.1, -0.05) is 19.3 Å². The Kier molecular flexibility index (Phi) is 5.03. The number of thiocarbonyl (C=S) groups is 1. The van der Waals surface area contributed by atoms with Gasteiger partial charge in [0.15, 0.2) is 5.11 Å². The molecule has 2 bridgehead atoms. The maximum atomic E-state index is 5.64. The SMILES string of the molecule is C#C[C@H]1CN2CC[C@H]1C[C@@H]2CNC(=S)NC1CCCCC1. The maximum Gasteiger partial charge on any atom is 0.166 e. The molecule has 4 heteroatoms. The molecule has 0 spiro atoms. The second kappa shape index (κ2) is 6.98. The highest BCUT2D eigenvalue weighted by Crippen LogP contribution is 2.35. The number of fused-ring (bicyclic) bond motifs is 3. The van der Waals surface area contributed by atoms with E-state index in [0.717, 1.165) is 24.1 Å². The van der Waals surface area contributed by atoms with Crippen molar-refractivity contribution in [1.29, 1.82) is 0 Å². The minimum absolute atomic E-state index is 0.474. The molecule has 0 aromatic carbocycles. The van der Waals surface area contributed by atoms with Gasteiger partial charge in [0.1, 0.15) is 0 Å². The van der Waals surface area contributed by atoms with Crippen LogP contribution in [0.3, 0.4) is 0 Å². The molecule has 0 aromatic heterocycles. The number of nitrogens with one attached hydrogen (secondary N) is 2. The molecule has 21 heavy (non-hydrogen) atoms. The van der Waals surface area contributed by atoms with Gasteiger partial charge in [0.2, 0.25) is 0 Å². The zero-order valence-corrected chi connectivity index (χ0v) is 13.6. The monoisotopic (exact) mass is 305 g/mol. The molecule has 4 rings (SSSR count). The minimum atomic E-state index is 0.474. The topological polar surface area (TPSA) is 27.3 Å². The highest BCUT2D eigenvalue weighted by Gasteiger charge is 2.39. The average Bonchev–Trinajstić information content (AvgIpc) is 2.54. The van der Waals surface area contributed by atoms with Gasteiger partial charge >= 0.3 is 0 Å². The van der Waals surface area contributed by atoms with Crippen molar-refractivity contribution in [3.05, 3.63) is 0 Å². The second-order valence-electron chi connectivity index (χ2n) is 6.90. The van der Waals surface area contributed by atoms with Gasteiger partial charge in [0.25, 0.3) is 0 Å². The lowest BCUT2D eigenvalue weighted by atomic mass is 9.76. The molecule has 1 saturated carbocycles. The van der Waals surface area contributed by atoms with Crippen molar-refractivity contribution >= 4 is 17.3 Å². The Morgan fingerprint density at radius 3 is 2.71 bits per heavy atom. The number of nitrogens with zero attached hydrogens (tertiary/aromatic N) is 1. The first-order chi connectivity index (χ1) is 10.3. The lowest BCUT2D eigenvalue weighted by molar-refractivity contribution is 0.0247. The van der Waals surface area contributed by atoms with Crippen LogP contribution in [0.5, 0.6) is 0 Å². The van der Waals surface area contributed by atoms with Gasteiger partial charge in [-0.15, -0.1) is 12.3 Å². The first kappa shape index (κ1) is 15.1. The minimum Gasteiger partial charge on any atom is -0.361 e. The van der Waals surface area contributed by atoms with Crippen LogP contribution in [0.1, 0.15) is 44.9 Å². The predicted molar refractivity (Wildman–Crippen MR) is 91.0 cm³/mol. The summed E-state index contributed by atoms with van der Waals surface area (Å²) in [7, 11) is 0. The van der Waals surface area contributed by atoms with Crippen molar-refractivity contribution in [3.8, 4) is 12.3 Å². The summed E-state index contributed by atoms with van der Waals surface area (Å²) in [4.78, 5) is 2.56. The van der Waals surface area contributed by atoms with E-state index in [1.807, 2.05) is 0 Å². The van der Waals surface area contributed by atoms with Gasteiger partial charge in [-0.2, -0.15) is 0 Å². The molecule has 0 amide bonds. The van der Waals surface area contributed by atoms with Crippen LogP contribution in [0.4, 0.5) is 0 Å². The summed E-state index contributed by atoms with van der Waals surface area (Å²) < 4.78 is 0. The highest BCUT2D eigenvalue weighted by molar-refractivity contribution is 7.80. The van der Waals surface area contributed by atoms with Crippen molar-refractivity contribution in [3.63, 3.8) is 0 Å². The summed E-state index contributed by atoms with van der Waals surface area (Å²) in [5.74, 6) is 4.18. The third-order valence-corrected chi connectivity index (χ3v) is 5.79. The summed E-state index contributed by atoms with van der Waals surface area (Å²) in [6.45, 7) is 3.25. The van der Waals surface area contributed by atoms with E-state index >= 15 is 0 Å². The molecule has 2 N–H and O–H groups in total. The summed E-state index contributed by atoms with van der Waals surface area (Å²) in [5.41, 5.74) is 0. The van der Waals surface area contributed by atoms with Crippen LogP contribution >= 0.6 is 12.2 Å². The lowest BCUT2D eigenvalue weighted by Crippen LogP contribution is -2.57. The van der Waals surface area contributed by atoms with Crippen LogP contribution in [-0.4, -0.2) is 41.7 Å². The van der Waals surface area contributed by atoms with Crippen molar-refractivity contribution in [2.45, 2.75) is 57.0 Å². The van der Waals surface area contributed by atoms with Crippen LogP contribution < -0.4 is 10.6 Å². The molecular formula is C17H27N3S. The lowest BCUT2D eigenvalue weighted by Gasteiger charge is -2.48. The molecule has 4 fully saturated rings. The molecular weight excluding hydrogens is 278 g/mol. The Labute approximate surface area is 134 Å². The number of hydrogen-bond acceptors (Lipinski definition) is 2. The fourth-order valence-corrected chi connectivity index (χ4v) is 4.48. The van der Waals surface area contributed by atoms with E-state index in [1.165, 1.54) is 51.5 Å². The summed E-state index contributed by atoms with van der Waals surface area (Å²) in [6.07, 6.45) is 14.7. The van der Waals surface area contributed by atoms with Crippen LogP contribution in [0.25, 0.3) is 0 Å². The number of hydrogen-bond donors (Lipinski definition) is 2. The quantitative estimate of drug-likeness (QED) is 0.617. The molecule has 1 unspecified atom stereocenters. The molecule has 4 aliphatic rings. The van der Waals surface area contributed by atoms with Crippen molar-refractivity contribution < 1.29 is 0 Å². The molecule has 4 atom stereocenters. The molecule has 3 heterocycles. The molecule has 1 aliphatic carbocycles. The summed E-state index contributed by atoms with van der Waals surface area (Å²) >= 11 is 5.46. The van der Waals surface area contributed by atoms with E-state index in [1.54, 1.807) is 0 Å². The van der Waals surface area contributed by atoms with Gasteiger partial charge < -0.3 is 10.6 Å². The van der Waals surface area contributed by atoms with Crippen LogP contribution in [0, 0.1) is 24.2 Å². The average molecular weight is 305 g/mol. The normalized spacial score (nSPS) is 36.0. The van der Waals surface area contributed by atoms with E-state index in [0.29, 0.717) is 18.0 Å². The third-order valence-electron chi connectivity index (χ3n) is 5.53. The number of rotatable bonds is 3. The van der Waals surface area contributed by atoms with Gasteiger partial charge in [0.05, 0.1) is 0 Å².